The van der Waals surface area contributed by atoms with E-state index in [-0.39, 0.29) is 6.54 Å². The van der Waals surface area contributed by atoms with E-state index >= 15 is 0 Å². The second kappa shape index (κ2) is 3.39. The molecule has 0 aromatic rings. The van der Waals surface area contributed by atoms with Gasteiger partial charge in [-0.3, -0.25) is 4.79 Å². The van der Waals surface area contributed by atoms with Gasteiger partial charge in [0.2, 0.25) is 0 Å². The fraction of sp³-hybridized carbons (Fsp3) is 0.875. The van der Waals surface area contributed by atoms with Crippen LogP contribution in [0.1, 0.15) is 19.8 Å². The lowest BCUT2D eigenvalue weighted by Gasteiger charge is -2.35. The van der Waals surface area contributed by atoms with Gasteiger partial charge in [-0.15, -0.1) is 0 Å². The van der Waals surface area contributed by atoms with E-state index in [1.807, 2.05) is 4.90 Å². The molecule has 0 saturated carbocycles. The molecule has 0 aromatic heterocycles. The first-order chi connectivity index (χ1) is 5.49. The molecular weight excluding hydrogens is 161 g/mol. The Labute approximate surface area is 71.2 Å². The summed E-state index contributed by atoms with van der Waals surface area (Å²) < 4.78 is 13.4. The number of rotatable bonds is 4. The van der Waals surface area contributed by atoms with Gasteiger partial charge in [-0.25, -0.2) is 4.39 Å². The third kappa shape index (κ3) is 2.77. The summed E-state index contributed by atoms with van der Waals surface area (Å²) in [4.78, 5) is 12.2. The largest absolute Gasteiger partial charge is 0.481 e. The van der Waals surface area contributed by atoms with Crippen LogP contribution >= 0.6 is 0 Å². The SMILES string of the molecule is CC(F)(CC(=O)O)CN1CCC1. The molecule has 1 saturated heterocycles. The number of carbonyl (C=O) groups is 1. The maximum atomic E-state index is 13.4. The average molecular weight is 175 g/mol. The van der Waals surface area contributed by atoms with E-state index in [0.29, 0.717) is 0 Å². The van der Waals surface area contributed by atoms with Crippen LogP contribution in [0.4, 0.5) is 4.39 Å². The number of likely N-dealkylation sites (tertiary alicyclic amines) is 1. The number of alkyl halides is 1. The summed E-state index contributed by atoms with van der Waals surface area (Å²) in [6.07, 6.45) is 0.701. The average Bonchev–Trinajstić information content (AvgIpc) is 1.76. The third-order valence-electron chi connectivity index (χ3n) is 2.02. The Morgan fingerprint density at radius 2 is 2.25 bits per heavy atom. The molecule has 3 nitrogen and oxygen atoms in total. The van der Waals surface area contributed by atoms with E-state index in [1.54, 1.807) is 0 Å². The third-order valence-corrected chi connectivity index (χ3v) is 2.02. The zero-order chi connectivity index (χ0) is 9.19. The number of hydrogen-bond donors (Lipinski definition) is 1. The van der Waals surface area contributed by atoms with E-state index in [9.17, 15) is 9.18 Å². The fourth-order valence-electron chi connectivity index (χ4n) is 1.38. The minimum atomic E-state index is -1.58. The Bertz CT molecular complexity index is 178. The second-order valence-electron chi connectivity index (χ2n) is 3.61. The van der Waals surface area contributed by atoms with E-state index in [2.05, 4.69) is 0 Å². The lowest BCUT2D eigenvalue weighted by atomic mass is 10.0. The van der Waals surface area contributed by atoms with Crippen molar-refractivity contribution in [2.45, 2.75) is 25.4 Å². The maximum Gasteiger partial charge on any atom is 0.306 e. The van der Waals surface area contributed by atoms with Crippen LogP contribution in [0.2, 0.25) is 0 Å². The van der Waals surface area contributed by atoms with Crippen LogP contribution < -0.4 is 0 Å². The van der Waals surface area contributed by atoms with Crippen molar-refractivity contribution in [3.63, 3.8) is 0 Å². The smallest absolute Gasteiger partial charge is 0.306 e. The molecule has 1 unspecified atom stereocenters. The minimum absolute atomic E-state index is 0.249. The van der Waals surface area contributed by atoms with Crippen LogP contribution in [0.25, 0.3) is 0 Å². The molecule has 1 fully saturated rings. The van der Waals surface area contributed by atoms with E-state index in [1.165, 1.54) is 6.92 Å². The quantitative estimate of drug-likeness (QED) is 0.690. The Hall–Kier alpha value is -0.640. The number of carboxylic acid groups (broad SMARTS) is 1. The molecule has 0 amide bonds. The van der Waals surface area contributed by atoms with Gasteiger partial charge in [0, 0.05) is 6.54 Å². The number of carboxylic acids is 1. The molecule has 1 aliphatic rings. The number of halogens is 1. The van der Waals surface area contributed by atoms with E-state index in [4.69, 9.17) is 5.11 Å². The summed E-state index contributed by atoms with van der Waals surface area (Å²) in [6.45, 7) is 3.40. The highest BCUT2D eigenvalue weighted by Crippen LogP contribution is 2.20. The van der Waals surface area contributed by atoms with Gasteiger partial charge >= 0.3 is 5.97 Å². The van der Waals surface area contributed by atoms with Crippen molar-refractivity contribution >= 4 is 5.97 Å². The van der Waals surface area contributed by atoms with Crippen molar-refractivity contribution in [2.24, 2.45) is 0 Å². The zero-order valence-electron chi connectivity index (χ0n) is 7.22. The van der Waals surface area contributed by atoms with Gasteiger partial charge in [0.05, 0.1) is 6.42 Å². The lowest BCUT2D eigenvalue weighted by molar-refractivity contribution is -0.140. The van der Waals surface area contributed by atoms with Gasteiger partial charge in [0.15, 0.2) is 0 Å². The Kier molecular flexibility index (Phi) is 2.67. The topological polar surface area (TPSA) is 40.5 Å². The van der Waals surface area contributed by atoms with Crippen molar-refractivity contribution in [3.05, 3.63) is 0 Å². The van der Waals surface area contributed by atoms with Gasteiger partial charge in [-0.1, -0.05) is 0 Å². The van der Waals surface area contributed by atoms with Gasteiger partial charge in [-0.05, 0) is 26.4 Å². The van der Waals surface area contributed by atoms with Crippen molar-refractivity contribution in [1.29, 1.82) is 0 Å². The van der Waals surface area contributed by atoms with Crippen molar-refractivity contribution < 1.29 is 14.3 Å². The number of nitrogens with zero attached hydrogens (tertiary/aromatic N) is 1. The van der Waals surface area contributed by atoms with Crippen molar-refractivity contribution in [3.8, 4) is 0 Å². The Morgan fingerprint density at radius 3 is 2.58 bits per heavy atom. The number of aliphatic carboxylic acids is 1. The first kappa shape index (κ1) is 9.45. The van der Waals surface area contributed by atoms with Gasteiger partial charge < -0.3 is 10.0 Å². The van der Waals surface area contributed by atoms with Crippen LogP contribution in [0.15, 0.2) is 0 Å². The second-order valence-corrected chi connectivity index (χ2v) is 3.61. The standard InChI is InChI=1S/C8H14FNO2/c1-8(9,5-7(11)12)6-10-3-2-4-10/h2-6H2,1H3,(H,11,12). The van der Waals surface area contributed by atoms with Crippen LogP contribution in [0.3, 0.4) is 0 Å². The van der Waals surface area contributed by atoms with Crippen LogP contribution in [0.5, 0.6) is 0 Å². The van der Waals surface area contributed by atoms with Crippen molar-refractivity contribution in [1.82, 2.24) is 4.90 Å². The van der Waals surface area contributed by atoms with Crippen molar-refractivity contribution in [2.75, 3.05) is 19.6 Å². The molecule has 1 rings (SSSR count). The van der Waals surface area contributed by atoms with Crippen LogP contribution in [-0.2, 0) is 4.79 Å². The molecule has 4 heteroatoms. The predicted molar refractivity (Wildman–Crippen MR) is 42.8 cm³/mol. The van der Waals surface area contributed by atoms with Gasteiger partial charge in [-0.2, -0.15) is 0 Å². The maximum absolute atomic E-state index is 13.4. The highest BCUT2D eigenvalue weighted by molar-refractivity contribution is 5.68. The Morgan fingerprint density at radius 1 is 1.67 bits per heavy atom. The first-order valence-electron chi connectivity index (χ1n) is 4.13. The molecule has 1 aliphatic heterocycles. The zero-order valence-corrected chi connectivity index (χ0v) is 7.22. The Balaban J connectivity index is 2.30. The molecule has 1 heterocycles. The first-order valence-corrected chi connectivity index (χ1v) is 4.13. The van der Waals surface area contributed by atoms with E-state index in [0.717, 1.165) is 19.5 Å². The summed E-state index contributed by atoms with van der Waals surface area (Å²) in [6, 6.07) is 0. The fourth-order valence-corrected chi connectivity index (χ4v) is 1.38. The highest BCUT2D eigenvalue weighted by atomic mass is 19.1. The summed E-state index contributed by atoms with van der Waals surface area (Å²) in [5.74, 6) is -1.07. The molecule has 0 aromatic carbocycles. The summed E-state index contributed by atoms with van der Waals surface area (Å²) in [5, 5.41) is 8.39. The predicted octanol–water partition coefficient (Wildman–Crippen LogP) is 0.895. The van der Waals surface area contributed by atoms with Crippen LogP contribution in [0, 0.1) is 0 Å². The molecule has 0 bridgehead atoms. The lowest BCUT2D eigenvalue weighted by Crippen LogP contribution is -2.46. The van der Waals surface area contributed by atoms with Crippen LogP contribution in [-0.4, -0.2) is 41.3 Å². The summed E-state index contributed by atoms with van der Waals surface area (Å²) in [5.41, 5.74) is -1.58. The highest BCUT2D eigenvalue weighted by Gasteiger charge is 2.31. The molecule has 1 N–H and O–H groups in total. The molecule has 12 heavy (non-hydrogen) atoms. The van der Waals surface area contributed by atoms with E-state index < -0.39 is 18.1 Å². The molecule has 1 atom stereocenters. The molecule has 0 radical (unpaired) electrons. The van der Waals surface area contributed by atoms with Gasteiger partial charge in [0.25, 0.3) is 0 Å². The molecule has 0 aliphatic carbocycles. The monoisotopic (exact) mass is 175 g/mol. The summed E-state index contributed by atoms with van der Waals surface area (Å²) in [7, 11) is 0. The molecule has 0 spiro atoms. The number of hydrogen-bond acceptors (Lipinski definition) is 2. The minimum Gasteiger partial charge on any atom is -0.481 e. The molecule has 70 valence electrons. The molecular formula is C8H14FNO2. The van der Waals surface area contributed by atoms with Gasteiger partial charge in [0.1, 0.15) is 5.67 Å². The summed E-state index contributed by atoms with van der Waals surface area (Å²) >= 11 is 0. The normalized spacial score (nSPS) is 22.8.